The molecule has 29 heavy (non-hydrogen) atoms. The van der Waals surface area contributed by atoms with Crippen molar-refractivity contribution in [3.63, 3.8) is 0 Å². The van der Waals surface area contributed by atoms with E-state index in [2.05, 4.69) is 14.6 Å². The summed E-state index contributed by atoms with van der Waals surface area (Å²) >= 11 is 0. The summed E-state index contributed by atoms with van der Waals surface area (Å²) in [5, 5.41) is 12.4. The fourth-order valence-electron chi connectivity index (χ4n) is 3.54. The van der Waals surface area contributed by atoms with Crippen LogP contribution in [-0.2, 0) is 5.11 Å². The van der Waals surface area contributed by atoms with Crippen molar-refractivity contribution in [2.75, 3.05) is 18.0 Å². The fraction of sp³-hybridized carbons (Fsp3) is 0.286. The van der Waals surface area contributed by atoms with E-state index in [0.717, 1.165) is 11.1 Å². The molecule has 2 heterocycles. The maximum absolute atomic E-state index is 12.6. The number of para-hydroxylation sites is 2. The van der Waals surface area contributed by atoms with Crippen LogP contribution in [0.15, 0.2) is 54.7 Å². The maximum atomic E-state index is 12.6. The molecule has 1 saturated heterocycles. The summed E-state index contributed by atoms with van der Waals surface area (Å²) in [6, 6.07) is 12.5. The average molecular weight is 403 g/mol. The van der Waals surface area contributed by atoms with Crippen molar-refractivity contribution in [3.05, 3.63) is 54.7 Å². The van der Waals surface area contributed by atoms with Crippen LogP contribution in [0.5, 0.6) is 17.2 Å². The van der Waals surface area contributed by atoms with Crippen LogP contribution >= 0.6 is 0 Å². The van der Waals surface area contributed by atoms with Gasteiger partial charge in [0.1, 0.15) is 6.10 Å². The molecular weight excluding hydrogens is 385 g/mol. The van der Waals surface area contributed by atoms with Crippen molar-refractivity contribution in [3.8, 4) is 17.2 Å². The van der Waals surface area contributed by atoms with Crippen LogP contribution in [0.3, 0.4) is 0 Å². The van der Waals surface area contributed by atoms with E-state index in [1.165, 1.54) is 30.3 Å². The van der Waals surface area contributed by atoms with Gasteiger partial charge in [0, 0.05) is 49.3 Å². The first kappa shape index (κ1) is 19.2. The number of aromatic nitrogens is 1. The average Bonchev–Trinajstić information content (AvgIpc) is 2.68. The number of alkyl halides is 3. The number of hydrogen-bond acceptors (Lipinski definition) is 4. The molecule has 1 aromatic heterocycles. The molecule has 8 heteroatoms. The Kier molecular flexibility index (Phi) is 5.08. The highest BCUT2D eigenvalue weighted by molar-refractivity contribution is 5.92. The number of ether oxygens (including phenoxy) is 2. The van der Waals surface area contributed by atoms with Gasteiger partial charge in [0.15, 0.2) is 17.2 Å². The zero-order chi connectivity index (χ0) is 20.4. The lowest BCUT2D eigenvalue weighted by molar-refractivity contribution is -0.275. The van der Waals surface area contributed by atoms with Crippen molar-refractivity contribution in [1.29, 1.82) is 0 Å². The third-order valence-corrected chi connectivity index (χ3v) is 4.84. The Morgan fingerprint density at radius 2 is 1.72 bits per heavy atom. The molecule has 0 aliphatic carbocycles. The molecule has 0 bridgehead atoms. The molecule has 2 aromatic carbocycles. The molecule has 0 amide bonds. The number of anilines is 1. The van der Waals surface area contributed by atoms with E-state index in [1.807, 2.05) is 6.07 Å². The Hall–Kier alpha value is -3.16. The molecule has 1 radical (unpaired) electrons. The van der Waals surface area contributed by atoms with Gasteiger partial charge in [-0.2, -0.15) is 0 Å². The number of piperidine rings is 1. The zero-order valence-electron chi connectivity index (χ0n) is 15.4. The van der Waals surface area contributed by atoms with E-state index in [4.69, 9.17) is 4.74 Å². The maximum Gasteiger partial charge on any atom is 0.573 e. The first-order chi connectivity index (χ1) is 13.9. The molecule has 1 aliphatic rings. The molecule has 0 atom stereocenters. The van der Waals surface area contributed by atoms with E-state index in [1.54, 1.807) is 18.3 Å². The Morgan fingerprint density at radius 1 is 1.00 bits per heavy atom. The van der Waals surface area contributed by atoms with Crippen molar-refractivity contribution in [2.45, 2.75) is 25.3 Å². The molecule has 151 valence electrons. The van der Waals surface area contributed by atoms with E-state index in [-0.39, 0.29) is 23.4 Å². The molecule has 1 aliphatic heterocycles. The highest BCUT2D eigenvalue weighted by Gasteiger charge is 2.33. The largest absolute Gasteiger partial charge is 0.573 e. The number of hydrogen-bond donors (Lipinski definition) is 0. The lowest BCUT2D eigenvalue weighted by Gasteiger charge is -2.34. The predicted octanol–water partition coefficient (Wildman–Crippen LogP) is 5.33. The van der Waals surface area contributed by atoms with Gasteiger partial charge < -0.3 is 14.4 Å². The van der Waals surface area contributed by atoms with Crippen LogP contribution in [0.4, 0.5) is 18.9 Å². The van der Waals surface area contributed by atoms with Crippen molar-refractivity contribution in [1.82, 2.24) is 4.98 Å². The SMILES string of the molecule is [O]c1ccc2c(N3CCC(Oc4ccccc4OC(F)(F)F)CC3)ccnc2c1. The third-order valence-electron chi connectivity index (χ3n) is 4.84. The molecular formula is C21H18F3N2O3. The molecule has 1 fully saturated rings. The summed E-state index contributed by atoms with van der Waals surface area (Å²) in [7, 11) is 0. The van der Waals surface area contributed by atoms with Crippen LogP contribution in [0.25, 0.3) is 10.9 Å². The van der Waals surface area contributed by atoms with E-state index in [0.29, 0.717) is 31.4 Å². The van der Waals surface area contributed by atoms with Gasteiger partial charge in [0.05, 0.1) is 5.52 Å². The summed E-state index contributed by atoms with van der Waals surface area (Å²) in [6.45, 7) is 1.34. The standard InChI is InChI=1S/C21H18F3N2O3/c22-21(23,24)29-20-4-2-1-3-19(20)28-15-8-11-26(12-9-15)18-7-10-25-17-13-14(27)5-6-16(17)18/h1-7,10,13,15H,8-9,11-12H2. The first-order valence-corrected chi connectivity index (χ1v) is 9.21. The quantitative estimate of drug-likeness (QED) is 0.591. The van der Waals surface area contributed by atoms with Gasteiger partial charge in [0.25, 0.3) is 0 Å². The molecule has 0 N–H and O–H groups in total. The van der Waals surface area contributed by atoms with Crippen LogP contribution < -0.4 is 14.4 Å². The van der Waals surface area contributed by atoms with Crippen LogP contribution in [0.2, 0.25) is 0 Å². The molecule has 0 unspecified atom stereocenters. The van der Waals surface area contributed by atoms with Crippen LogP contribution in [0, 0.1) is 0 Å². The number of fused-ring (bicyclic) bond motifs is 1. The minimum atomic E-state index is -4.77. The van der Waals surface area contributed by atoms with Gasteiger partial charge in [-0.05, 0) is 30.3 Å². The molecule has 5 nitrogen and oxygen atoms in total. The lowest BCUT2D eigenvalue weighted by Crippen LogP contribution is -2.38. The summed E-state index contributed by atoms with van der Waals surface area (Å²) in [4.78, 5) is 6.42. The smallest absolute Gasteiger partial charge is 0.486 e. The second-order valence-corrected chi connectivity index (χ2v) is 6.81. The minimum absolute atomic E-state index is 0.0839. The monoisotopic (exact) mass is 403 g/mol. The Morgan fingerprint density at radius 3 is 2.45 bits per heavy atom. The predicted molar refractivity (Wildman–Crippen MR) is 101 cm³/mol. The summed E-state index contributed by atoms with van der Waals surface area (Å²) in [5.74, 6) is -0.342. The van der Waals surface area contributed by atoms with Gasteiger partial charge >= 0.3 is 6.36 Å². The Balaban J connectivity index is 1.45. The molecule has 0 spiro atoms. The van der Waals surface area contributed by atoms with Gasteiger partial charge in [-0.25, -0.2) is 0 Å². The second kappa shape index (κ2) is 7.69. The normalized spacial score (nSPS) is 15.5. The highest BCUT2D eigenvalue weighted by atomic mass is 19.4. The number of halogens is 3. The topological polar surface area (TPSA) is 54.5 Å². The number of rotatable bonds is 4. The first-order valence-electron chi connectivity index (χ1n) is 9.21. The van der Waals surface area contributed by atoms with Gasteiger partial charge in [0.2, 0.25) is 0 Å². The summed E-state index contributed by atoms with van der Waals surface area (Å²) in [5.41, 5.74) is 1.63. The highest BCUT2D eigenvalue weighted by Crippen LogP contribution is 2.35. The summed E-state index contributed by atoms with van der Waals surface area (Å²) in [6.07, 6.45) is -2.03. The summed E-state index contributed by atoms with van der Waals surface area (Å²) < 4.78 is 47.6. The lowest BCUT2D eigenvalue weighted by atomic mass is 10.1. The van der Waals surface area contributed by atoms with Crippen LogP contribution in [-0.4, -0.2) is 30.5 Å². The molecule has 3 aromatic rings. The number of pyridine rings is 1. The molecule has 4 rings (SSSR count). The Labute approximate surface area is 165 Å². The van der Waals surface area contributed by atoms with E-state index < -0.39 is 6.36 Å². The van der Waals surface area contributed by atoms with Gasteiger partial charge in [-0.15, -0.1) is 13.2 Å². The van der Waals surface area contributed by atoms with E-state index in [9.17, 15) is 18.3 Å². The van der Waals surface area contributed by atoms with Gasteiger partial charge in [-0.1, -0.05) is 12.1 Å². The minimum Gasteiger partial charge on any atom is -0.486 e. The molecule has 0 saturated carbocycles. The van der Waals surface area contributed by atoms with Crippen molar-refractivity contribution < 1.29 is 27.8 Å². The second-order valence-electron chi connectivity index (χ2n) is 6.81. The van der Waals surface area contributed by atoms with E-state index >= 15 is 0 Å². The third kappa shape index (κ3) is 4.47. The van der Waals surface area contributed by atoms with Gasteiger partial charge in [-0.3, -0.25) is 10.1 Å². The zero-order valence-corrected chi connectivity index (χ0v) is 15.4. The Bertz CT molecular complexity index is 1000. The van der Waals surface area contributed by atoms with Crippen LogP contribution in [0.1, 0.15) is 12.8 Å². The number of benzene rings is 2. The number of nitrogens with zero attached hydrogens (tertiary/aromatic N) is 2. The van der Waals surface area contributed by atoms with Crippen molar-refractivity contribution in [2.24, 2.45) is 0 Å². The van der Waals surface area contributed by atoms with Crippen molar-refractivity contribution >= 4 is 16.6 Å². The fourth-order valence-corrected chi connectivity index (χ4v) is 3.54.